The molecule has 0 spiro atoms. The minimum Gasteiger partial charge on any atom is -0.395 e. The molecule has 1 fully saturated rings. The highest BCUT2D eigenvalue weighted by Crippen LogP contribution is 2.33. The van der Waals surface area contributed by atoms with Gasteiger partial charge in [-0.2, -0.15) is 12.7 Å². The van der Waals surface area contributed by atoms with Crippen LogP contribution in [0.25, 0.3) is 0 Å². The molecule has 3 rings (SSSR count). The Balaban J connectivity index is 1.74. The monoisotopic (exact) mass is 598 g/mol. The Bertz CT molecular complexity index is 1080. The average Bonchev–Trinajstić information content (AvgIpc) is 2.78. The molecule has 1 aliphatic heterocycles. The standard InChI is InChI=1S/C21H26F3IN4O3S/c1-13(12-30)26-11-14-6-8-29(9-7-14)33(31,32)28-19-5-3-16(22)20(24)21(19)27-18-4-2-15(25)10-17(18)23/h2-5,10,13-14,26-28,30H,6-9,11-12H2,1H3. The van der Waals surface area contributed by atoms with Crippen LogP contribution in [0.2, 0.25) is 0 Å². The van der Waals surface area contributed by atoms with Crippen molar-refractivity contribution in [2.45, 2.75) is 25.8 Å². The maximum atomic E-state index is 14.6. The molecule has 0 aromatic heterocycles. The van der Waals surface area contributed by atoms with E-state index in [2.05, 4.69) is 15.4 Å². The van der Waals surface area contributed by atoms with Gasteiger partial charge in [0.15, 0.2) is 11.6 Å². The van der Waals surface area contributed by atoms with Gasteiger partial charge in [0, 0.05) is 22.7 Å². The summed E-state index contributed by atoms with van der Waals surface area (Å²) >= 11 is 1.91. The highest BCUT2D eigenvalue weighted by molar-refractivity contribution is 14.1. The molecule has 0 amide bonds. The number of aliphatic hydroxyl groups is 1. The van der Waals surface area contributed by atoms with Gasteiger partial charge in [0.1, 0.15) is 11.5 Å². The second kappa shape index (κ2) is 11.2. The minimum atomic E-state index is -4.06. The van der Waals surface area contributed by atoms with Crippen molar-refractivity contribution in [3.63, 3.8) is 0 Å². The average molecular weight is 598 g/mol. The molecule has 12 heteroatoms. The minimum absolute atomic E-state index is 0.0217. The largest absolute Gasteiger partial charge is 0.395 e. The molecule has 1 saturated heterocycles. The van der Waals surface area contributed by atoms with E-state index in [9.17, 15) is 21.6 Å². The van der Waals surface area contributed by atoms with Crippen molar-refractivity contribution in [1.82, 2.24) is 9.62 Å². The van der Waals surface area contributed by atoms with E-state index in [0.717, 1.165) is 12.1 Å². The second-order valence-corrected chi connectivity index (χ2v) is 10.9. The predicted octanol–water partition coefficient (Wildman–Crippen LogP) is 3.79. The third-order valence-corrected chi connectivity index (χ3v) is 7.66. The van der Waals surface area contributed by atoms with Crippen LogP contribution in [0.15, 0.2) is 30.3 Å². The zero-order valence-corrected chi connectivity index (χ0v) is 20.9. The van der Waals surface area contributed by atoms with Gasteiger partial charge in [-0.15, -0.1) is 0 Å². The van der Waals surface area contributed by atoms with Crippen LogP contribution in [0.1, 0.15) is 19.8 Å². The van der Waals surface area contributed by atoms with Crippen LogP contribution < -0.4 is 15.4 Å². The summed E-state index contributed by atoms with van der Waals surface area (Å²) < 4.78 is 72.7. The number of nitrogens with one attached hydrogen (secondary N) is 3. The summed E-state index contributed by atoms with van der Waals surface area (Å²) in [4.78, 5) is 0. The Labute approximate surface area is 205 Å². The molecule has 0 radical (unpaired) electrons. The first kappa shape index (κ1) is 26.0. The van der Waals surface area contributed by atoms with Crippen LogP contribution in [-0.4, -0.2) is 50.1 Å². The van der Waals surface area contributed by atoms with Crippen LogP contribution in [0.5, 0.6) is 0 Å². The maximum absolute atomic E-state index is 14.6. The van der Waals surface area contributed by atoms with Gasteiger partial charge in [-0.25, -0.2) is 13.2 Å². The molecule has 33 heavy (non-hydrogen) atoms. The first-order valence-electron chi connectivity index (χ1n) is 10.4. The molecule has 7 nitrogen and oxygen atoms in total. The van der Waals surface area contributed by atoms with Crippen molar-refractivity contribution in [2.24, 2.45) is 5.92 Å². The third-order valence-electron chi connectivity index (χ3n) is 5.47. The molecule has 0 saturated carbocycles. The number of aliphatic hydroxyl groups excluding tert-OH is 1. The molecule has 2 aromatic rings. The van der Waals surface area contributed by atoms with E-state index in [0.29, 0.717) is 23.0 Å². The lowest BCUT2D eigenvalue weighted by atomic mass is 9.98. The van der Waals surface area contributed by atoms with Gasteiger partial charge in [-0.3, -0.25) is 4.72 Å². The Hall–Kier alpha value is -1.61. The van der Waals surface area contributed by atoms with E-state index in [1.807, 2.05) is 29.5 Å². The lowest BCUT2D eigenvalue weighted by Gasteiger charge is -2.32. The van der Waals surface area contributed by atoms with Crippen molar-refractivity contribution >= 4 is 49.9 Å². The van der Waals surface area contributed by atoms with Crippen molar-refractivity contribution in [3.05, 3.63) is 51.4 Å². The van der Waals surface area contributed by atoms with Gasteiger partial charge in [0.2, 0.25) is 0 Å². The maximum Gasteiger partial charge on any atom is 0.301 e. The van der Waals surface area contributed by atoms with Crippen molar-refractivity contribution < 1.29 is 26.7 Å². The highest BCUT2D eigenvalue weighted by Gasteiger charge is 2.29. The lowest BCUT2D eigenvalue weighted by Crippen LogP contribution is -2.44. The first-order valence-corrected chi connectivity index (χ1v) is 12.9. The zero-order valence-electron chi connectivity index (χ0n) is 17.9. The Morgan fingerprint density at radius 3 is 2.42 bits per heavy atom. The SMILES string of the molecule is CC(CO)NCC1CCN(S(=O)(=O)Nc2ccc(F)c(F)c2Nc2ccc(I)cc2F)CC1. The quantitative estimate of drug-likeness (QED) is 0.330. The summed E-state index contributed by atoms with van der Waals surface area (Å²) in [5, 5.41) is 14.8. The normalized spacial score (nSPS) is 16.5. The molecule has 0 bridgehead atoms. The first-order chi connectivity index (χ1) is 15.6. The Morgan fingerprint density at radius 2 is 1.79 bits per heavy atom. The van der Waals surface area contributed by atoms with Crippen LogP contribution in [0, 0.1) is 26.9 Å². The Kier molecular flexibility index (Phi) is 8.83. The number of piperidine rings is 1. The highest BCUT2D eigenvalue weighted by atomic mass is 127. The van der Waals surface area contributed by atoms with Crippen LogP contribution >= 0.6 is 22.6 Å². The fraction of sp³-hybridized carbons (Fsp3) is 0.429. The lowest BCUT2D eigenvalue weighted by molar-refractivity contribution is 0.227. The molecule has 1 atom stereocenters. The fourth-order valence-corrected chi connectivity index (χ4v) is 5.19. The number of benzene rings is 2. The number of hydrogen-bond donors (Lipinski definition) is 4. The number of rotatable bonds is 9. The van der Waals surface area contributed by atoms with Crippen molar-refractivity contribution in [2.75, 3.05) is 36.3 Å². The van der Waals surface area contributed by atoms with E-state index < -0.39 is 33.3 Å². The van der Waals surface area contributed by atoms with Crippen LogP contribution in [-0.2, 0) is 10.2 Å². The van der Waals surface area contributed by atoms with Gasteiger partial charge >= 0.3 is 10.2 Å². The molecule has 1 unspecified atom stereocenters. The summed E-state index contributed by atoms with van der Waals surface area (Å²) in [5.74, 6) is -2.95. The van der Waals surface area contributed by atoms with E-state index in [1.54, 1.807) is 6.07 Å². The topological polar surface area (TPSA) is 93.7 Å². The number of hydrogen-bond acceptors (Lipinski definition) is 5. The zero-order chi connectivity index (χ0) is 24.2. The number of anilines is 3. The van der Waals surface area contributed by atoms with Gasteiger partial charge in [0.05, 0.1) is 18.0 Å². The molecule has 0 aliphatic carbocycles. The van der Waals surface area contributed by atoms with Gasteiger partial charge in [-0.05, 0) is 85.2 Å². The molecule has 1 heterocycles. The second-order valence-electron chi connectivity index (χ2n) is 7.97. The van der Waals surface area contributed by atoms with E-state index in [4.69, 9.17) is 5.11 Å². The van der Waals surface area contributed by atoms with E-state index in [-0.39, 0.29) is 43.0 Å². The van der Waals surface area contributed by atoms with Crippen LogP contribution in [0.3, 0.4) is 0 Å². The Morgan fingerprint density at radius 1 is 1.12 bits per heavy atom. The summed E-state index contributed by atoms with van der Waals surface area (Å²) in [6.45, 7) is 3.07. The summed E-state index contributed by atoms with van der Waals surface area (Å²) in [5.41, 5.74) is -0.853. The van der Waals surface area contributed by atoms with Crippen molar-refractivity contribution in [1.29, 1.82) is 0 Å². The molecular formula is C21H26F3IN4O3S. The van der Waals surface area contributed by atoms with Gasteiger partial charge in [0.25, 0.3) is 0 Å². The number of halogens is 4. The van der Waals surface area contributed by atoms with Gasteiger partial charge in [-0.1, -0.05) is 0 Å². The summed E-state index contributed by atoms with van der Waals surface area (Å²) in [6.07, 6.45) is 1.23. The van der Waals surface area contributed by atoms with E-state index >= 15 is 0 Å². The molecule has 2 aromatic carbocycles. The summed E-state index contributed by atoms with van der Waals surface area (Å²) in [7, 11) is -4.06. The predicted molar refractivity (Wildman–Crippen MR) is 130 cm³/mol. The van der Waals surface area contributed by atoms with Crippen molar-refractivity contribution in [3.8, 4) is 0 Å². The summed E-state index contributed by atoms with van der Waals surface area (Å²) in [6, 6.07) is 6.01. The third kappa shape index (κ3) is 6.72. The van der Waals surface area contributed by atoms with Crippen LogP contribution in [0.4, 0.5) is 30.2 Å². The number of nitrogens with zero attached hydrogens (tertiary/aromatic N) is 1. The van der Waals surface area contributed by atoms with E-state index in [1.165, 1.54) is 16.4 Å². The molecular weight excluding hydrogens is 572 g/mol. The van der Waals surface area contributed by atoms with Gasteiger partial charge < -0.3 is 15.7 Å². The smallest absolute Gasteiger partial charge is 0.301 e. The molecule has 1 aliphatic rings. The molecule has 182 valence electrons. The fourth-order valence-electron chi connectivity index (χ4n) is 3.47. The molecule has 4 N–H and O–H groups in total.